The van der Waals surface area contributed by atoms with Crippen molar-refractivity contribution in [1.29, 1.82) is 0 Å². The van der Waals surface area contributed by atoms with E-state index in [0.29, 0.717) is 5.02 Å². The van der Waals surface area contributed by atoms with Crippen LogP contribution in [0.4, 0.5) is 8.78 Å². The zero-order valence-corrected chi connectivity index (χ0v) is 9.92. The second kappa shape index (κ2) is 5.33. The zero-order chi connectivity index (χ0) is 13.1. The monoisotopic (exact) mass is 270 g/mol. The molecular formula is C13H9ClF2O2. The van der Waals surface area contributed by atoms with Gasteiger partial charge in [0.2, 0.25) is 0 Å². The van der Waals surface area contributed by atoms with Gasteiger partial charge in [0.25, 0.3) is 0 Å². The van der Waals surface area contributed by atoms with Gasteiger partial charge >= 0.3 is 0 Å². The third kappa shape index (κ3) is 2.78. The average molecular weight is 271 g/mol. The smallest absolute Gasteiger partial charge is 0.198 e. The van der Waals surface area contributed by atoms with Gasteiger partial charge in [-0.2, -0.15) is 0 Å². The van der Waals surface area contributed by atoms with Crippen molar-refractivity contribution in [1.82, 2.24) is 0 Å². The molecule has 5 heteroatoms. The summed E-state index contributed by atoms with van der Waals surface area (Å²) in [4.78, 5) is 0. The van der Waals surface area contributed by atoms with Gasteiger partial charge in [0.05, 0.1) is 6.61 Å². The molecule has 2 rings (SSSR count). The summed E-state index contributed by atoms with van der Waals surface area (Å²) >= 11 is 5.69. The molecule has 18 heavy (non-hydrogen) atoms. The van der Waals surface area contributed by atoms with Crippen LogP contribution in [-0.4, -0.2) is 5.11 Å². The van der Waals surface area contributed by atoms with Gasteiger partial charge < -0.3 is 9.84 Å². The Balaban J connectivity index is 2.31. The molecule has 0 amide bonds. The maximum absolute atomic E-state index is 13.6. The lowest BCUT2D eigenvalue weighted by Crippen LogP contribution is -1.95. The van der Waals surface area contributed by atoms with E-state index in [1.807, 2.05) is 0 Å². The number of hydrogen-bond acceptors (Lipinski definition) is 2. The van der Waals surface area contributed by atoms with E-state index < -0.39 is 24.0 Å². The first kappa shape index (κ1) is 12.8. The van der Waals surface area contributed by atoms with Crippen molar-refractivity contribution in [2.24, 2.45) is 0 Å². The molecule has 2 aromatic carbocycles. The molecule has 0 bridgehead atoms. The molecule has 1 N–H and O–H groups in total. The predicted molar refractivity (Wildman–Crippen MR) is 63.8 cm³/mol. The molecular weight excluding hydrogens is 262 g/mol. The quantitative estimate of drug-likeness (QED) is 0.916. The van der Waals surface area contributed by atoms with Crippen LogP contribution in [0.5, 0.6) is 11.5 Å². The number of halogens is 3. The third-order valence-electron chi connectivity index (χ3n) is 2.27. The summed E-state index contributed by atoms with van der Waals surface area (Å²) in [5.74, 6) is -1.97. The van der Waals surface area contributed by atoms with Gasteiger partial charge in [-0.05, 0) is 42.0 Å². The van der Waals surface area contributed by atoms with Gasteiger partial charge in [-0.3, -0.25) is 0 Å². The van der Waals surface area contributed by atoms with Crippen molar-refractivity contribution in [3.8, 4) is 11.5 Å². The topological polar surface area (TPSA) is 29.5 Å². The number of aliphatic hydroxyl groups excluding tert-OH is 1. The Hall–Kier alpha value is -1.65. The number of ether oxygens (including phenoxy) is 1. The van der Waals surface area contributed by atoms with E-state index in [0.717, 1.165) is 12.1 Å². The lowest BCUT2D eigenvalue weighted by molar-refractivity contribution is 0.279. The van der Waals surface area contributed by atoms with Crippen molar-refractivity contribution >= 4 is 11.6 Å². The Morgan fingerprint density at radius 2 is 1.61 bits per heavy atom. The Morgan fingerprint density at radius 1 is 1.06 bits per heavy atom. The van der Waals surface area contributed by atoms with Crippen molar-refractivity contribution in [2.75, 3.05) is 0 Å². The Labute approximate surface area is 107 Å². The normalized spacial score (nSPS) is 10.4. The number of aliphatic hydroxyl groups is 1. The molecule has 0 aliphatic heterocycles. The van der Waals surface area contributed by atoms with E-state index in [2.05, 4.69) is 0 Å². The fourth-order valence-corrected chi connectivity index (χ4v) is 1.55. The molecule has 0 unspecified atom stereocenters. The molecule has 0 aliphatic rings. The first-order valence-corrected chi connectivity index (χ1v) is 5.50. The van der Waals surface area contributed by atoms with Crippen LogP contribution in [0.2, 0.25) is 5.02 Å². The third-order valence-corrected chi connectivity index (χ3v) is 2.53. The molecule has 0 heterocycles. The van der Waals surface area contributed by atoms with Gasteiger partial charge in [0.1, 0.15) is 5.75 Å². The Kier molecular flexibility index (Phi) is 3.79. The van der Waals surface area contributed by atoms with Crippen LogP contribution in [0.3, 0.4) is 0 Å². The van der Waals surface area contributed by atoms with Gasteiger partial charge in [-0.15, -0.1) is 0 Å². The highest BCUT2D eigenvalue weighted by Crippen LogP contribution is 2.29. The van der Waals surface area contributed by atoms with E-state index in [9.17, 15) is 8.78 Å². The largest absolute Gasteiger partial charge is 0.451 e. The summed E-state index contributed by atoms with van der Waals surface area (Å²) in [5, 5.41) is 9.31. The fourth-order valence-electron chi connectivity index (χ4n) is 1.42. The maximum atomic E-state index is 13.6. The number of hydrogen-bond donors (Lipinski definition) is 1. The van der Waals surface area contributed by atoms with E-state index in [-0.39, 0.29) is 11.3 Å². The van der Waals surface area contributed by atoms with Crippen LogP contribution in [0.25, 0.3) is 0 Å². The van der Waals surface area contributed by atoms with Crippen LogP contribution < -0.4 is 4.74 Å². The summed E-state index contributed by atoms with van der Waals surface area (Å²) in [6, 6.07) is 8.15. The molecule has 0 aromatic heterocycles. The molecule has 94 valence electrons. The summed E-state index contributed by atoms with van der Waals surface area (Å²) in [6.45, 7) is -0.435. The SMILES string of the molecule is OCc1cc(F)c(Oc2ccc(Cl)cc2)c(F)c1. The van der Waals surface area contributed by atoms with Crippen LogP contribution in [0.1, 0.15) is 5.56 Å². The average Bonchev–Trinajstić information content (AvgIpc) is 2.35. The van der Waals surface area contributed by atoms with Crippen molar-refractivity contribution < 1.29 is 18.6 Å². The maximum Gasteiger partial charge on any atom is 0.198 e. The highest BCUT2D eigenvalue weighted by molar-refractivity contribution is 6.30. The van der Waals surface area contributed by atoms with Crippen LogP contribution in [0.15, 0.2) is 36.4 Å². The van der Waals surface area contributed by atoms with E-state index >= 15 is 0 Å². The molecule has 2 aromatic rings. The van der Waals surface area contributed by atoms with Crippen LogP contribution in [-0.2, 0) is 6.61 Å². The summed E-state index contributed by atoms with van der Waals surface area (Å²) < 4.78 is 32.2. The zero-order valence-electron chi connectivity index (χ0n) is 9.16. The minimum Gasteiger partial charge on any atom is -0.451 e. The molecule has 0 fully saturated rings. The van der Waals surface area contributed by atoms with E-state index in [1.54, 1.807) is 12.1 Å². The second-order valence-electron chi connectivity index (χ2n) is 3.60. The van der Waals surface area contributed by atoms with E-state index in [1.165, 1.54) is 12.1 Å². The van der Waals surface area contributed by atoms with Crippen LogP contribution >= 0.6 is 11.6 Å². The number of benzene rings is 2. The lowest BCUT2D eigenvalue weighted by Gasteiger charge is -2.09. The molecule has 0 spiro atoms. The number of rotatable bonds is 3. The van der Waals surface area contributed by atoms with Gasteiger partial charge in [-0.1, -0.05) is 11.6 Å². The first-order valence-electron chi connectivity index (χ1n) is 5.12. The van der Waals surface area contributed by atoms with Gasteiger partial charge in [0, 0.05) is 5.02 Å². The highest BCUT2D eigenvalue weighted by atomic mass is 35.5. The van der Waals surface area contributed by atoms with Gasteiger partial charge in [-0.25, -0.2) is 8.78 Å². The lowest BCUT2D eigenvalue weighted by atomic mass is 10.2. The molecule has 0 aliphatic carbocycles. The highest BCUT2D eigenvalue weighted by Gasteiger charge is 2.13. The van der Waals surface area contributed by atoms with Crippen molar-refractivity contribution in [2.45, 2.75) is 6.61 Å². The molecule has 2 nitrogen and oxygen atoms in total. The molecule has 0 saturated heterocycles. The van der Waals surface area contributed by atoms with Crippen molar-refractivity contribution in [3.63, 3.8) is 0 Å². The molecule has 0 atom stereocenters. The first-order chi connectivity index (χ1) is 8.60. The Morgan fingerprint density at radius 3 is 2.11 bits per heavy atom. The fraction of sp³-hybridized carbons (Fsp3) is 0.0769. The second-order valence-corrected chi connectivity index (χ2v) is 4.04. The summed E-state index contributed by atoms with van der Waals surface area (Å²) in [7, 11) is 0. The van der Waals surface area contributed by atoms with Crippen LogP contribution in [0, 0.1) is 11.6 Å². The standard InChI is InChI=1S/C13H9ClF2O2/c14-9-1-3-10(4-2-9)18-13-11(15)5-8(7-17)6-12(13)16/h1-6,17H,7H2. The van der Waals surface area contributed by atoms with Gasteiger partial charge in [0.15, 0.2) is 17.4 Å². The predicted octanol–water partition coefficient (Wildman–Crippen LogP) is 3.90. The van der Waals surface area contributed by atoms with E-state index in [4.69, 9.17) is 21.4 Å². The summed E-state index contributed by atoms with van der Waals surface area (Å²) in [6.07, 6.45) is 0. The molecule has 0 saturated carbocycles. The minimum atomic E-state index is -0.867. The Bertz CT molecular complexity index is 532. The molecule has 0 radical (unpaired) electrons. The summed E-state index contributed by atoms with van der Waals surface area (Å²) in [5.41, 5.74) is 0.147. The van der Waals surface area contributed by atoms with Crippen molar-refractivity contribution in [3.05, 3.63) is 58.6 Å². The minimum absolute atomic E-state index is 0.147.